The van der Waals surface area contributed by atoms with E-state index in [9.17, 15) is 15.3 Å². The Hall–Kier alpha value is -3.38. The molecule has 1 aliphatic heterocycles. The number of hydrogen-bond donors (Lipinski definition) is 3. The monoisotopic (exact) mass is 672 g/mol. The average molecular weight is 673 g/mol. The van der Waals surface area contributed by atoms with Gasteiger partial charge in [-0.15, -0.1) is 0 Å². The third-order valence-electron chi connectivity index (χ3n) is 9.03. The van der Waals surface area contributed by atoms with Crippen LogP contribution in [0.4, 0.5) is 0 Å². The highest BCUT2D eigenvalue weighted by Gasteiger charge is 2.54. The van der Waals surface area contributed by atoms with Gasteiger partial charge >= 0.3 is 0 Å². The molecule has 3 N–H and O–H groups in total. The molecule has 0 aromatic heterocycles. The number of rotatable bonds is 15. The number of aliphatic hydroxyl groups excluding tert-OH is 3. The van der Waals surface area contributed by atoms with E-state index in [1.807, 2.05) is 91.0 Å². The maximum atomic E-state index is 11.3. The highest BCUT2D eigenvalue weighted by molar-refractivity contribution is 6.99. The van der Waals surface area contributed by atoms with Gasteiger partial charge in [-0.1, -0.05) is 124 Å². The van der Waals surface area contributed by atoms with Crippen LogP contribution in [-0.2, 0) is 31.9 Å². The molecule has 0 unspecified atom stereocenters. The molecule has 256 valence electrons. The van der Waals surface area contributed by atoms with Crippen molar-refractivity contribution in [1.82, 2.24) is 0 Å². The molecule has 4 aromatic carbocycles. The molecule has 0 bridgehead atoms. The molecule has 4 aromatic rings. The van der Waals surface area contributed by atoms with Crippen molar-refractivity contribution >= 4 is 18.7 Å². The summed E-state index contributed by atoms with van der Waals surface area (Å²) < 4.78 is 32.3. The van der Waals surface area contributed by atoms with Gasteiger partial charge in [-0.3, -0.25) is 0 Å². The third-order valence-corrected chi connectivity index (χ3v) is 14.0. The van der Waals surface area contributed by atoms with E-state index in [0.717, 1.165) is 27.2 Å². The Labute approximate surface area is 285 Å². The number of benzene rings is 4. The van der Waals surface area contributed by atoms with Crippen LogP contribution in [-0.4, -0.2) is 80.6 Å². The van der Waals surface area contributed by atoms with Gasteiger partial charge in [-0.2, -0.15) is 0 Å². The van der Waals surface area contributed by atoms with Crippen LogP contribution in [0.3, 0.4) is 0 Å². The summed E-state index contributed by atoms with van der Waals surface area (Å²) in [5, 5.41) is 33.6. The smallest absolute Gasteiger partial charge is 0.261 e. The van der Waals surface area contributed by atoms with Crippen molar-refractivity contribution in [2.45, 2.75) is 75.6 Å². The summed E-state index contributed by atoms with van der Waals surface area (Å²) in [4.78, 5) is 0. The first-order chi connectivity index (χ1) is 23.2. The van der Waals surface area contributed by atoms with E-state index in [0.29, 0.717) is 0 Å². The van der Waals surface area contributed by atoms with Crippen molar-refractivity contribution in [2.24, 2.45) is 0 Å². The SMILES string of the molecule is COc1ccc(CO[C@H]2[C@H](OCc3ccccc3)[C@H]([C@@H](O)[C@@H](O)CO)O[C@@H]2CO[Si](c2ccccc2)(c2ccccc2)C(C)(C)C)cc1. The highest BCUT2D eigenvalue weighted by atomic mass is 28.4. The number of hydrogen-bond acceptors (Lipinski definition) is 8. The van der Waals surface area contributed by atoms with Crippen molar-refractivity contribution in [3.05, 3.63) is 126 Å². The Bertz CT molecular complexity index is 1480. The van der Waals surface area contributed by atoms with E-state index >= 15 is 0 Å². The molecule has 1 saturated heterocycles. The lowest BCUT2D eigenvalue weighted by molar-refractivity contribution is -0.135. The van der Waals surface area contributed by atoms with E-state index < -0.39 is 51.5 Å². The zero-order valence-electron chi connectivity index (χ0n) is 28.1. The van der Waals surface area contributed by atoms with Crippen molar-refractivity contribution in [2.75, 3.05) is 20.3 Å². The van der Waals surface area contributed by atoms with Crippen LogP contribution in [0.15, 0.2) is 115 Å². The lowest BCUT2D eigenvalue weighted by Crippen LogP contribution is -2.67. The summed E-state index contributed by atoms with van der Waals surface area (Å²) >= 11 is 0. The van der Waals surface area contributed by atoms with Crippen LogP contribution >= 0.6 is 0 Å². The molecule has 1 fully saturated rings. The summed E-state index contributed by atoms with van der Waals surface area (Å²) in [7, 11) is -1.33. The Balaban J connectivity index is 1.51. The van der Waals surface area contributed by atoms with Crippen molar-refractivity contribution in [1.29, 1.82) is 0 Å². The van der Waals surface area contributed by atoms with Crippen LogP contribution in [0.5, 0.6) is 5.75 Å². The lowest BCUT2D eigenvalue weighted by Gasteiger charge is -2.43. The van der Waals surface area contributed by atoms with Crippen molar-refractivity contribution < 1.29 is 38.7 Å². The number of ether oxygens (including phenoxy) is 4. The quantitative estimate of drug-likeness (QED) is 0.161. The molecule has 6 atom stereocenters. The first kappa shape index (κ1) is 35.9. The van der Waals surface area contributed by atoms with E-state index in [4.69, 9.17) is 23.4 Å². The molecular weight excluding hydrogens is 625 g/mol. The third kappa shape index (κ3) is 8.07. The number of methoxy groups -OCH3 is 1. The van der Waals surface area contributed by atoms with E-state index in [2.05, 4.69) is 45.0 Å². The first-order valence-electron chi connectivity index (χ1n) is 16.5. The van der Waals surface area contributed by atoms with Crippen LogP contribution in [0.2, 0.25) is 5.04 Å². The van der Waals surface area contributed by atoms with Gasteiger partial charge < -0.3 is 38.7 Å². The second kappa shape index (κ2) is 16.3. The van der Waals surface area contributed by atoms with Gasteiger partial charge in [0.2, 0.25) is 0 Å². The number of aliphatic hydroxyl groups is 3. The molecule has 0 radical (unpaired) electrons. The minimum absolute atomic E-state index is 0.143. The minimum Gasteiger partial charge on any atom is -0.497 e. The lowest BCUT2D eigenvalue weighted by atomic mass is 10.00. The van der Waals surface area contributed by atoms with Gasteiger partial charge in [0, 0.05) is 0 Å². The van der Waals surface area contributed by atoms with Gasteiger partial charge in [0.1, 0.15) is 42.4 Å². The maximum Gasteiger partial charge on any atom is 0.261 e. The predicted octanol–water partition coefficient (Wildman–Crippen LogP) is 4.22. The summed E-state index contributed by atoms with van der Waals surface area (Å²) in [5.74, 6) is 0.741. The van der Waals surface area contributed by atoms with Crippen LogP contribution < -0.4 is 15.1 Å². The van der Waals surface area contributed by atoms with Gasteiger partial charge in [-0.25, -0.2) is 0 Å². The largest absolute Gasteiger partial charge is 0.497 e. The summed E-state index contributed by atoms with van der Waals surface area (Å²) in [5.41, 5.74) is 1.86. The molecule has 1 aliphatic rings. The molecule has 9 heteroatoms. The molecule has 8 nitrogen and oxygen atoms in total. The average Bonchev–Trinajstić information content (AvgIpc) is 3.47. The molecule has 0 saturated carbocycles. The van der Waals surface area contributed by atoms with Gasteiger partial charge in [-0.05, 0) is 38.7 Å². The Morgan fingerprint density at radius 3 is 1.71 bits per heavy atom. The summed E-state index contributed by atoms with van der Waals surface area (Å²) in [6.07, 6.45) is -6.00. The van der Waals surface area contributed by atoms with E-state index in [1.165, 1.54) is 0 Å². The normalized spacial score (nSPS) is 21.1. The Kier molecular flexibility index (Phi) is 12.2. The fourth-order valence-corrected chi connectivity index (χ4v) is 11.1. The zero-order valence-corrected chi connectivity index (χ0v) is 29.1. The first-order valence-corrected chi connectivity index (χ1v) is 18.4. The van der Waals surface area contributed by atoms with E-state index in [-0.39, 0.29) is 24.9 Å². The molecule has 0 amide bonds. The fraction of sp³-hybridized carbons (Fsp3) is 0.385. The molecule has 1 heterocycles. The second-order valence-electron chi connectivity index (χ2n) is 13.2. The Morgan fingerprint density at radius 1 is 0.708 bits per heavy atom. The predicted molar refractivity (Wildman–Crippen MR) is 188 cm³/mol. The van der Waals surface area contributed by atoms with Crippen molar-refractivity contribution in [3.8, 4) is 5.75 Å². The topological polar surface area (TPSA) is 107 Å². The Morgan fingerprint density at radius 2 is 1.21 bits per heavy atom. The molecule has 0 aliphatic carbocycles. The van der Waals surface area contributed by atoms with Gasteiger partial charge in [0.05, 0.1) is 33.5 Å². The van der Waals surface area contributed by atoms with Gasteiger partial charge in [0.15, 0.2) is 0 Å². The van der Waals surface area contributed by atoms with Crippen LogP contribution in [0, 0.1) is 0 Å². The molecule has 48 heavy (non-hydrogen) atoms. The minimum atomic E-state index is -2.96. The highest BCUT2D eigenvalue weighted by Crippen LogP contribution is 2.38. The standard InChI is InChI=1S/C39H48O8Si/c1-39(2,3)48(31-16-10-6-11-17-31,32-18-12-7-13-19-32)46-27-34-36(44-26-29-20-22-30(43-4)23-21-29)38(37(47-34)35(42)33(41)24-40)45-25-28-14-8-5-9-15-28/h5-23,33-38,40-42H,24-27H2,1-4H3/t33-,34+,35-,36+,37-,38-/m0/s1. The molecular formula is C39H48O8Si. The summed E-state index contributed by atoms with van der Waals surface area (Å²) in [6.45, 7) is 6.62. The van der Waals surface area contributed by atoms with Crippen molar-refractivity contribution in [3.63, 3.8) is 0 Å². The fourth-order valence-electron chi connectivity index (χ4n) is 6.53. The van der Waals surface area contributed by atoms with E-state index in [1.54, 1.807) is 7.11 Å². The molecule has 5 rings (SSSR count). The maximum absolute atomic E-state index is 11.3. The molecule has 0 spiro atoms. The van der Waals surface area contributed by atoms with Crippen LogP contribution in [0.1, 0.15) is 31.9 Å². The van der Waals surface area contributed by atoms with Crippen LogP contribution in [0.25, 0.3) is 0 Å². The van der Waals surface area contributed by atoms with Gasteiger partial charge in [0.25, 0.3) is 8.32 Å². The second-order valence-corrected chi connectivity index (χ2v) is 17.5. The summed E-state index contributed by atoms with van der Waals surface area (Å²) in [6, 6.07) is 38.0. The zero-order chi connectivity index (χ0) is 34.1.